The minimum Gasteiger partial charge on any atom is -0.387 e. The van der Waals surface area contributed by atoms with Gasteiger partial charge in [-0.1, -0.05) is 0 Å². The summed E-state index contributed by atoms with van der Waals surface area (Å²) < 4.78 is 0. The molecule has 0 amide bonds. The summed E-state index contributed by atoms with van der Waals surface area (Å²) in [7, 11) is 0. The maximum atomic E-state index is 10.3. The zero-order valence-corrected chi connectivity index (χ0v) is 7.46. The molecule has 1 atom stereocenters. The standard InChI is InChI=1S/C8H11N3O3/c9-4-3-8(12)7-2-1-6(5-10-7)11(13)14/h1-2,5,8,12H,3-4,9H2. The molecule has 14 heavy (non-hydrogen) atoms. The van der Waals surface area contributed by atoms with Crippen LogP contribution in [0.4, 0.5) is 5.69 Å². The maximum absolute atomic E-state index is 10.3. The summed E-state index contributed by atoms with van der Waals surface area (Å²) in [5.41, 5.74) is 5.56. The van der Waals surface area contributed by atoms with E-state index in [0.29, 0.717) is 18.7 Å². The molecule has 6 heteroatoms. The van der Waals surface area contributed by atoms with Gasteiger partial charge in [-0.05, 0) is 19.0 Å². The molecule has 0 aromatic carbocycles. The van der Waals surface area contributed by atoms with Gasteiger partial charge in [0.2, 0.25) is 0 Å². The van der Waals surface area contributed by atoms with Crippen LogP contribution in [-0.4, -0.2) is 21.6 Å². The predicted octanol–water partition coefficient (Wildman–Crippen LogP) is 0.372. The highest BCUT2D eigenvalue weighted by molar-refractivity contribution is 5.27. The van der Waals surface area contributed by atoms with Crippen LogP contribution in [0.5, 0.6) is 0 Å². The lowest BCUT2D eigenvalue weighted by atomic mass is 10.1. The van der Waals surface area contributed by atoms with Crippen LogP contribution < -0.4 is 5.73 Å². The quantitative estimate of drug-likeness (QED) is 0.536. The van der Waals surface area contributed by atoms with Crippen molar-refractivity contribution in [2.24, 2.45) is 5.73 Å². The Labute approximate surface area is 80.5 Å². The van der Waals surface area contributed by atoms with Crippen LogP contribution in [0.1, 0.15) is 18.2 Å². The van der Waals surface area contributed by atoms with Crippen LogP contribution in [-0.2, 0) is 0 Å². The highest BCUT2D eigenvalue weighted by Gasteiger charge is 2.10. The third kappa shape index (κ3) is 2.48. The number of hydrogen-bond donors (Lipinski definition) is 2. The van der Waals surface area contributed by atoms with Crippen molar-refractivity contribution in [3.05, 3.63) is 34.1 Å². The molecule has 0 aliphatic carbocycles. The summed E-state index contributed by atoms with van der Waals surface area (Å²) in [6.07, 6.45) is 0.765. The average Bonchev–Trinajstić information content (AvgIpc) is 2.18. The van der Waals surface area contributed by atoms with Crippen molar-refractivity contribution in [3.8, 4) is 0 Å². The number of nitrogens with zero attached hydrogens (tertiary/aromatic N) is 2. The lowest BCUT2D eigenvalue weighted by Crippen LogP contribution is -2.08. The molecule has 1 aromatic rings. The highest BCUT2D eigenvalue weighted by atomic mass is 16.6. The van der Waals surface area contributed by atoms with Gasteiger partial charge in [0.05, 0.1) is 16.7 Å². The Morgan fingerprint density at radius 3 is 2.79 bits per heavy atom. The van der Waals surface area contributed by atoms with Crippen molar-refractivity contribution in [2.75, 3.05) is 6.54 Å². The number of aliphatic hydroxyl groups is 1. The van der Waals surface area contributed by atoms with Crippen molar-refractivity contribution in [1.82, 2.24) is 4.98 Å². The molecule has 1 aromatic heterocycles. The summed E-state index contributed by atoms with van der Waals surface area (Å²) in [6.45, 7) is 0.347. The van der Waals surface area contributed by atoms with Crippen molar-refractivity contribution < 1.29 is 10.0 Å². The van der Waals surface area contributed by atoms with Gasteiger partial charge in [-0.3, -0.25) is 15.1 Å². The van der Waals surface area contributed by atoms with Gasteiger partial charge in [0, 0.05) is 6.07 Å². The molecule has 1 unspecified atom stereocenters. The molecule has 76 valence electrons. The third-order valence-corrected chi connectivity index (χ3v) is 1.76. The van der Waals surface area contributed by atoms with E-state index in [1.165, 1.54) is 12.1 Å². The largest absolute Gasteiger partial charge is 0.387 e. The number of rotatable bonds is 4. The molecular weight excluding hydrogens is 186 g/mol. The van der Waals surface area contributed by atoms with Crippen LogP contribution >= 0.6 is 0 Å². The maximum Gasteiger partial charge on any atom is 0.287 e. The third-order valence-electron chi connectivity index (χ3n) is 1.76. The first-order chi connectivity index (χ1) is 6.65. The molecule has 0 bridgehead atoms. The average molecular weight is 197 g/mol. The summed E-state index contributed by atoms with van der Waals surface area (Å²) in [5.74, 6) is 0. The molecule has 1 heterocycles. The number of aliphatic hydroxyl groups excluding tert-OH is 1. The van der Waals surface area contributed by atoms with Crippen LogP contribution in [0.3, 0.4) is 0 Å². The van der Waals surface area contributed by atoms with Gasteiger partial charge in [-0.2, -0.15) is 0 Å². The first-order valence-electron chi connectivity index (χ1n) is 4.13. The first kappa shape index (κ1) is 10.6. The van der Waals surface area contributed by atoms with Crippen LogP contribution in [0, 0.1) is 10.1 Å². The minimum absolute atomic E-state index is 0.0892. The molecule has 6 nitrogen and oxygen atoms in total. The summed E-state index contributed by atoms with van der Waals surface area (Å²) in [5, 5.41) is 19.7. The first-order valence-corrected chi connectivity index (χ1v) is 4.13. The fraction of sp³-hybridized carbons (Fsp3) is 0.375. The molecule has 0 saturated heterocycles. The van der Waals surface area contributed by atoms with Crippen molar-refractivity contribution >= 4 is 5.69 Å². The fourth-order valence-corrected chi connectivity index (χ4v) is 1.01. The van der Waals surface area contributed by atoms with E-state index in [2.05, 4.69) is 4.98 Å². The zero-order valence-electron chi connectivity index (χ0n) is 7.46. The normalized spacial score (nSPS) is 12.4. The molecule has 0 fully saturated rings. The number of nitrogens with two attached hydrogens (primary N) is 1. The molecule has 0 radical (unpaired) electrons. The molecular formula is C8H11N3O3. The van der Waals surface area contributed by atoms with Gasteiger partial charge >= 0.3 is 0 Å². The number of pyridine rings is 1. The second-order valence-electron chi connectivity index (χ2n) is 2.79. The Balaban J connectivity index is 2.77. The van der Waals surface area contributed by atoms with Gasteiger partial charge in [0.1, 0.15) is 6.20 Å². The van der Waals surface area contributed by atoms with E-state index in [-0.39, 0.29) is 5.69 Å². The van der Waals surface area contributed by atoms with Gasteiger partial charge < -0.3 is 10.8 Å². The summed E-state index contributed by atoms with van der Waals surface area (Å²) in [6, 6.07) is 2.74. The van der Waals surface area contributed by atoms with Crippen molar-refractivity contribution in [1.29, 1.82) is 0 Å². The monoisotopic (exact) mass is 197 g/mol. The Kier molecular flexibility index (Phi) is 3.49. The molecule has 0 aliphatic heterocycles. The minimum atomic E-state index is -0.749. The van der Waals surface area contributed by atoms with E-state index in [1.807, 2.05) is 0 Å². The van der Waals surface area contributed by atoms with E-state index in [4.69, 9.17) is 5.73 Å². The second-order valence-corrected chi connectivity index (χ2v) is 2.79. The zero-order chi connectivity index (χ0) is 10.6. The smallest absolute Gasteiger partial charge is 0.287 e. The van der Waals surface area contributed by atoms with Crippen molar-refractivity contribution in [3.63, 3.8) is 0 Å². The molecule has 1 rings (SSSR count). The fourth-order valence-electron chi connectivity index (χ4n) is 1.01. The Hall–Kier alpha value is -1.53. The lowest BCUT2D eigenvalue weighted by molar-refractivity contribution is -0.385. The van der Waals surface area contributed by atoms with E-state index in [9.17, 15) is 15.2 Å². The Morgan fingerprint density at radius 2 is 2.36 bits per heavy atom. The van der Waals surface area contributed by atoms with E-state index < -0.39 is 11.0 Å². The topological polar surface area (TPSA) is 102 Å². The van der Waals surface area contributed by atoms with Gasteiger partial charge in [0.25, 0.3) is 5.69 Å². The van der Waals surface area contributed by atoms with E-state index in [0.717, 1.165) is 6.20 Å². The van der Waals surface area contributed by atoms with Crippen LogP contribution in [0.2, 0.25) is 0 Å². The Morgan fingerprint density at radius 1 is 1.64 bits per heavy atom. The number of hydrogen-bond acceptors (Lipinski definition) is 5. The molecule has 3 N–H and O–H groups in total. The molecule has 0 saturated carbocycles. The lowest BCUT2D eigenvalue weighted by Gasteiger charge is -2.06. The highest BCUT2D eigenvalue weighted by Crippen LogP contribution is 2.16. The van der Waals surface area contributed by atoms with Crippen molar-refractivity contribution in [2.45, 2.75) is 12.5 Å². The van der Waals surface area contributed by atoms with Gasteiger partial charge in [-0.25, -0.2) is 0 Å². The summed E-state index contributed by atoms with van der Waals surface area (Å²) in [4.78, 5) is 13.5. The number of aromatic nitrogens is 1. The van der Waals surface area contributed by atoms with E-state index >= 15 is 0 Å². The second kappa shape index (κ2) is 4.64. The molecule has 0 aliphatic rings. The summed E-state index contributed by atoms with van der Waals surface area (Å²) >= 11 is 0. The van der Waals surface area contributed by atoms with Crippen LogP contribution in [0.25, 0.3) is 0 Å². The SMILES string of the molecule is NCCC(O)c1ccc([N+](=O)[O-])cn1. The Bertz CT molecular complexity index is 312. The van der Waals surface area contributed by atoms with Gasteiger partial charge in [-0.15, -0.1) is 0 Å². The molecule has 0 spiro atoms. The van der Waals surface area contributed by atoms with Gasteiger partial charge in [0.15, 0.2) is 0 Å². The van der Waals surface area contributed by atoms with Crippen LogP contribution in [0.15, 0.2) is 18.3 Å². The number of nitro groups is 1. The van der Waals surface area contributed by atoms with E-state index in [1.54, 1.807) is 0 Å². The predicted molar refractivity (Wildman–Crippen MR) is 49.5 cm³/mol.